The van der Waals surface area contributed by atoms with Crippen molar-refractivity contribution in [3.8, 4) is 6.07 Å². The van der Waals surface area contributed by atoms with E-state index in [0.29, 0.717) is 43.9 Å². The maximum atomic E-state index is 14.4. The number of hydrogen-bond donors (Lipinski definition) is 3. The summed E-state index contributed by atoms with van der Waals surface area (Å²) in [5, 5.41) is 23.4. The highest BCUT2D eigenvalue weighted by atomic mass is 35.5. The number of rotatable bonds is 8. The molecule has 2 aliphatic heterocycles. The van der Waals surface area contributed by atoms with Crippen LogP contribution in [-0.2, 0) is 17.8 Å². The van der Waals surface area contributed by atoms with Crippen molar-refractivity contribution in [2.45, 2.75) is 57.8 Å². The van der Waals surface area contributed by atoms with Crippen molar-refractivity contribution in [1.29, 1.82) is 5.26 Å². The summed E-state index contributed by atoms with van der Waals surface area (Å²) in [6.45, 7) is 6.67. The Kier molecular flexibility index (Phi) is 7.76. The van der Waals surface area contributed by atoms with E-state index in [1.54, 1.807) is 33.9 Å². The van der Waals surface area contributed by atoms with E-state index in [1.165, 1.54) is 13.0 Å². The summed E-state index contributed by atoms with van der Waals surface area (Å²) in [6, 6.07) is 7.53. The second-order valence-corrected chi connectivity index (χ2v) is 12.1. The molecule has 10 nitrogen and oxygen atoms in total. The zero-order chi connectivity index (χ0) is 29.7. The van der Waals surface area contributed by atoms with Crippen LogP contribution in [0.1, 0.15) is 32.8 Å². The van der Waals surface area contributed by atoms with Crippen LogP contribution in [0.2, 0.25) is 5.02 Å². The third-order valence-corrected chi connectivity index (χ3v) is 8.10. The molecule has 3 aromatic rings. The number of fused-ring (bicyclic) bond motifs is 1. The Balaban J connectivity index is 1.50. The van der Waals surface area contributed by atoms with E-state index in [1.807, 2.05) is 12.1 Å². The highest BCUT2D eigenvalue weighted by Crippen LogP contribution is 2.37. The number of nitrogens with zero attached hydrogens (tertiary/aromatic N) is 5. The van der Waals surface area contributed by atoms with Crippen molar-refractivity contribution >= 4 is 40.0 Å². The van der Waals surface area contributed by atoms with Gasteiger partial charge in [-0.25, -0.2) is 18.6 Å². The fraction of sp³-hybridized carbons (Fsp3) is 0.536. The maximum absolute atomic E-state index is 14.4. The molecule has 4 heterocycles. The molecule has 5 rings (SSSR count). The number of anilines is 3. The van der Waals surface area contributed by atoms with Crippen molar-refractivity contribution < 1.29 is 18.6 Å². The first-order valence-electron chi connectivity index (χ1n) is 13.6. The number of alkyl halides is 2. The molecule has 2 atom stereocenters. The van der Waals surface area contributed by atoms with E-state index in [-0.39, 0.29) is 46.9 Å². The number of halogens is 3. The molecule has 41 heavy (non-hydrogen) atoms. The topological polar surface area (TPSA) is 134 Å². The van der Waals surface area contributed by atoms with Gasteiger partial charge in [0.2, 0.25) is 0 Å². The molecule has 0 unspecified atom stereocenters. The van der Waals surface area contributed by atoms with Crippen LogP contribution in [-0.4, -0.2) is 63.1 Å². The summed E-state index contributed by atoms with van der Waals surface area (Å²) in [4.78, 5) is 19.6. The predicted octanol–water partition coefficient (Wildman–Crippen LogP) is 3.69. The molecule has 0 spiro atoms. The number of nitrogens with two attached hydrogens (primary N) is 1. The molecular weight excluding hydrogens is 556 g/mol. The summed E-state index contributed by atoms with van der Waals surface area (Å²) < 4.78 is 37.4. The Labute approximate surface area is 241 Å². The average molecular weight is 590 g/mol. The minimum Gasteiger partial charge on any atom is -0.390 e. The maximum Gasteiger partial charge on any atom is 0.329 e. The van der Waals surface area contributed by atoms with Gasteiger partial charge in [-0.05, 0) is 44.5 Å². The Bertz CT molecular complexity index is 1540. The van der Waals surface area contributed by atoms with E-state index in [9.17, 15) is 23.9 Å². The SMILES string of the molecule is C[C@@H]1CN(c2nc(Nc3ccc4c(c3)n(CCC(C)(C)O)c(=O)n4CC3COC3)c(Cl)cc2C#N)C[C@H](N)C1(F)F. The van der Waals surface area contributed by atoms with Crippen LogP contribution in [0.4, 0.5) is 26.1 Å². The van der Waals surface area contributed by atoms with Gasteiger partial charge < -0.3 is 25.8 Å². The monoisotopic (exact) mass is 589 g/mol. The summed E-state index contributed by atoms with van der Waals surface area (Å²) in [5.74, 6) is -3.37. The van der Waals surface area contributed by atoms with Gasteiger partial charge in [0, 0.05) is 43.7 Å². The predicted molar refractivity (Wildman–Crippen MR) is 153 cm³/mol. The second-order valence-electron chi connectivity index (χ2n) is 11.7. The Hall–Kier alpha value is -3.24. The van der Waals surface area contributed by atoms with Crippen LogP contribution in [0, 0.1) is 23.2 Å². The molecule has 2 saturated heterocycles. The largest absolute Gasteiger partial charge is 0.390 e. The number of imidazole rings is 1. The highest BCUT2D eigenvalue weighted by Gasteiger charge is 2.48. The van der Waals surface area contributed by atoms with Gasteiger partial charge in [-0.3, -0.25) is 9.13 Å². The van der Waals surface area contributed by atoms with Gasteiger partial charge in [0.1, 0.15) is 11.9 Å². The minimum absolute atomic E-state index is 0.0254. The number of aromatic nitrogens is 3. The number of aliphatic hydroxyl groups is 1. The third kappa shape index (κ3) is 5.77. The number of nitriles is 1. The van der Waals surface area contributed by atoms with Crippen LogP contribution in [0.25, 0.3) is 11.0 Å². The minimum atomic E-state index is -3.03. The van der Waals surface area contributed by atoms with Gasteiger partial charge in [0.25, 0.3) is 5.92 Å². The van der Waals surface area contributed by atoms with Crippen LogP contribution >= 0.6 is 11.6 Å². The van der Waals surface area contributed by atoms with Crippen molar-refractivity contribution in [2.75, 3.05) is 36.5 Å². The van der Waals surface area contributed by atoms with Crippen LogP contribution in [0.15, 0.2) is 29.1 Å². The van der Waals surface area contributed by atoms with E-state index < -0.39 is 23.5 Å². The van der Waals surface area contributed by atoms with Gasteiger partial charge in [-0.15, -0.1) is 0 Å². The lowest BCUT2D eigenvalue weighted by atomic mass is 9.91. The normalized spacial score (nSPS) is 21.1. The van der Waals surface area contributed by atoms with Crippen molar-refractivity contribution in [2.24, 2.45) is 17.6 Å². The quantitative estimate of drug-likeness (QED) is 0.362. The van der Waals surface area contributed by atoms with Gasteiger partial charge in [-0.2, -0.15) is 5.26 Å². The van der Waals surface area contributed by atoms with Gasteiger partial charge in [0.05, 0.1) is 46.5 Å². The molecule has 2 aliphatic rings. The first kappa shape index (κ1) is 29.3. The molecule has 0 amide bonds. The number of hydrogen-bond acceptors (Lipinski definition) is 8. The molecule has 2 fully saturated rings. The molecule has 0 aliphatic carbocycles. The third-order valence-electron chi connectivity index (χ3n) is 7.82. The summed E-state index contributed by atoms with van der Waals surface area (Å²) >= 11 is 6.49. The van der Waals surface area contributed by atoms with Crippen LogP contribution < -0.4 is 21.6 Å². The van der Waals surface area contributed by atoms with Crippen LogP contribution in [0.3, 0.4) is 0 Å². The van der Waals surface area contributed by atoms with E-state index in [0.717, 1.165) is 5.52 Å². The van der Waals surface area contributed by atoms with E-state index in [2.05, 4.69) is 16.4 Å². The first-order chi connectivity index (χ1) is 19.3. The number of pyridine rings is 1. The Morgan fingerprint density at radius 1 is 1.27 bits per heavy atom. The average Bonchev–Trinajstić information content (AvgIpc) is 3.13. The smallest absolute Gasteiger partial charge is 0.329 e. The number of nitrogens with one attached hydrogen (secondary N) is 1. The number of ether oxygens (including phenoxy) is 1. The lowest BCUT2D eigenvalue weighted by Crippen LogP contribution is -2.60. The van der Waals surface area contributed by atoms with Crippen LogP contribution in [0.5, 0.6) is 0 Å². The zero-order valence-electron chi connectivity index (χ0n) is 23.2. The highest BCUT2D eigenvalue weighted by molar-refractivity contribution is 6.33. The van der Waals surface area contributed by atoms with Crippen molar-refractivity contribution in [1.82, 2.24) is 14.1 Å². The lowest BCUT2D eigenvalue weighted by Gasteiger charge is -2.41. The molecule has 0 saturated carbocycles. The fourth-order valence-electron chi connectivity index (χ4n) is 5.27. The van der Waals surface area contributed by atoms with Gasteiger partial charge >= 0.3 is 5.69 Å². The van der Waals surface area contributed by atoms with E-state index >= 15 is 0 Å². The molecule has 2 aromatic heterocycles. The molecule has 0 radical (unpaired) electrons. The van der Waals surface area contributed by atoms with Gasteiger partial charge in [-0.1, -0.05) is 18.5 Å². The molecule has 13 heteroatoms. The molecule has 1 aromatic carbocycles. The molecule has 4 N–H and O–H groups in total. The summed E-state index contributed by atoms with van der Waals surface area (Å²) in [6.07, 6.45) is 0.373. The summed E-state index contributed by atoms with van der Waals surface area (Å²) in [5.41, 5.74) is 6.82. The van der Waals surface area contributed by atoms with Gasteiger partial charge in [0.15, 0.2) is 5.82 Å². The fourth-order valence-corrected chi connectivity index (χ4v) is 5.47. The zero-order valence-corrected chi connectivity index (χ0v) is 24.0. The van der Waals surface area contributed by atoms with Crippen molar-refractivity contribution in [3.05, 3.63) is 45.3 Å². The number of benzene rings is 1. The van der Waals surface area contributed by atoms with E-state index in [4.69, 9.17) is 22.1 Å². The Morgan fingerprint density at radius 3 is 2.61 bits per heavy atom. The second kappa shape index (κ2) is 10.9. The molecule has 0 bridgehead atoms. The first-order valence-corrected chi connectivity index (χ1v) is 14.0. The van der Waals surface area contributed by atoms with Crippen molar-refractivity contribution in [3.63, 3.8) is 0 Å². The number of aryl methyl sites for hydroxylation is 1. The molecular formula is C28H34ClF2N7O3. The Morgan fingerprint density at radius 2 is 2.00 bits per heavy atom. The standard InChI is InChI=1S/C28H34ClF2N7O3/c1-16-11-36(13-23(33)28(16,30)31)25-18(10-32)8-20(29)24(35-25)34-19-4-5-21-22(9-19)37(7-6-27(2,3)40)26(39)38(21)12-17-14-41-15-17/h4-5,8-9,16-17,23,40H,6-7,11-15,33H2,1-3H3,(H,34,35)/t16-,23+/m1/s1. The molecule has 220 valence electrons. The summed E-state index contributed by atoms with van der Waals surface area (Å²) in [7, 11) is 0. The lowest BCUT2D eigenvalue weighted by molar-refractivity contribution is -0.0807. The number of piperidine rings is 1.